The molecule has 1 saturated carbocycles. The number of methoxy groups -OCH3 is 1. The zero-order valence-electron chi connectivity index (χ0n) is 11.2. The van der Waals surface area contributed by atoms with Gasteiger partial charge in [-0.1, -0.05) is 25.5 Å². The van der Waals surface area contributed by atoms with E-state index < -0.39 is 0 Å². The van der Waals surface area contributed by atoms with Crippen molar-refractivity contribution < 1.29 is 9.13 Å². The van der Waals surface area contributed by atoms with Gasteiger partial charge < -0.3 is 10.5 Å². The predicted molar refractivity (Wildman–Crippen MR) is 71.3 cm³/mol. The lowest BCUT2D eigenvalue weighted by molar-refractivity contribution is 0.384. The van der Waals surface area contributed by atoms with E-state index in [4.69, 9.17) is 10.5 Å². The Bertz CT molecular complexity index is 485. The van der Waals surface area contributed by atoms with Gasteiger partial charge in [0.1, 0.15) is 0 Å². The zero-order chi connectivity index (χ0) is 13.3. The van der Waals surface area contributed by atoms with E-state index in [0.717, 1.165) is 18.4 Å². The fourth-order valence-electron chi connectivity index (χ4n) is 2.43. The molecule has 0 bridgehead atoms. The molecule has 0 aliphatic heterocycles. The fourth-order valence-corrected chi connectivity index (χ4v) is 2.43. The summed E-state index contributed by atoms with van der Waals surface area (Å²) in [6, 6.07) is 5.05. The molecule has 2 nitrogen and oxygen atoms in total. The molecule has 0 spiro atoms. The standard InChI is InChI=1S/C15H20FNO/c1-15(2,12(9-17)10-4-5-10)11-6-7-13(16)14(8-11)18-3/h6-8H,4-5,9,17H2,1-3H3. The van der Waals surface area contributed by atoms with Crippen molar-refractivity contribution in [3.05, 3.63) is 40.7 Å². The number of nitrogens with two attached hydrogens (primary N) is 1. The number of rotatable bonds is 4. The van der Waals surface area contributed by atoms with E-state index in [1.54, 1.807) is 6.07 Å². The van der Waals surface area contributed by atoms with Crippen LogP contribution in [0.3, 0.4) is 0 Å². The molecule has 0 amide bonds. The fraction of sp³-hybridized carbons (Fsp3) is 0.467. The Kier molecular flexibility index (Phi) is 3.44. The van der Waals surface area contributed by atoms with E-state index in [0.29, 0.717) is 6.54 Å². The van der Waals surface area contributed by atoms with Crippen LogP contribution in [0.15, 0.2) is 29.3 Å². The molecule has 1 fully saturated rings. The largest absolute Gasteiger partial charge is 0.494 e. The van der Waals surface area contributed by atoms with Crippen LogP contribution in [0.5, 0.6) is 5.75 Å². The molecule has 1 aliphatic rings. The summed E-state index contributed by atoms with van der Waals surface area (Å²) < 4.78 is 18.5. The first-order chi connectivity index (χ1) is 8.50. The minimum Gasteiger partial charge on any atom is -0.494 e. The average molecular weight is 249 g/mol. The van der Waals surface area contributed by atoms with E-state index >= 15 is 0 Å². The van der Waals surface area contributed by atoms with Gasteiger partial charge in [0.2, 0.25) is 0 Å². The second-order valence-electron chi connectivity index (χ2n) is 5.26. The van der Waals surface area contributed by atoms with Crippen LogP contribution >= 0.6 is 0 Å². The topological polar surface area (TPSA) is 35.2 Å². The van der Waals surface area contributed by atoms with Crippen LogP contribution < -0.4 is 10.5 Å². The molecule has 0 atom stereocenters. The Hall–Kier alpha value is -1.35. The van der Waals surface area contributed by atoms with E-state index in [1.165, 1.54) is 24.3 Å². The number of halogens is 1. The molecule has 0 aromatic heterocycles. The lowest BCUT2D eigenvalue weighted by Gasteiger charge is -2.29. The summed E-state index contributed by atoms with van der Waals surface area (Å²) in [5.74, 6) is -0.0387. The number of allylic oxidation sites excluding steroid dienone is 1. The Morgan fingerprint density at radius 1 is 1.39 bits per heavy atom. The van der Waals surface area contributed by atoms with Crippen molar-refractivity contribution in [1.29, 1.82) is 0 Å². The van der Waals surface area contributed by atoms with E-state index in [1.807, 2.05) is 6.07 Å². The van der Waals surface area contributed by atoms with Crippen LogP contribution in [-0.2, 0) is 5.41 Å². The highest BCUT2D eigenvalue weighted by Crippen LogP contribution is 2.42. The highest BCUT2D eigenvalue weighted by atomic mass is 19.1. The molecule has 2 N–H and O–H groups in total. The third kappa shape index (κ3) is 2.27. The Morgan fingerprint density at radius 2 is 2.06 bits per heavy atom. The molecule has 0 heterocycles. The lowest BCUT2D eigenvalue weighted by Crippen LogP contribution is -2.26. The quantitative estimate of drug-likeness (QED) is 0.832. The number of hydrogen-bond donors (Lipinski definition) is 1. The predicted octanol–water partition coefficient (Wildman–Crippen LogP) is 3.16. The number of ether oxygens (including phenoxy) is 1. The van der Waals surface area contributed by atoms with Crippen LogP contribution in [0.1, 0.15) is 32.3 Å². The van der Waals surface area contributed by atoms with Gasteiger partial charge >= 0.3 is 0 Å². The van der Waals surface area contributed by atoms with Crippen molar-refractivity contribution in [2.24, 2.45) is 5.73 Å². The lowest BCUT2D eigenvalue weighted by atomic mass is 9.77. The first-order valence-corrected chi connectivity index (χ1v) is 6.26. The number of hydrogen-bond acceptors (Lipinski definition) is 2. The van der Waals surface area contributed by atoms with Gasteiger partial charge in [-0.3, -0.25) is 0 Å². The minimum atomic E-state index is -0.328. The van der Waals surface area contributed by atoms with Gasteiger partial charge in [0, 0.05) is 12.0 Å². The molecule has 3 heteroatoms. The summed E-state index contributed by atoms with van der Waals surface area (Å²) in [5.41, 5.74) is 9.48. The van der Waals surface area contributed by atoms with E-state index in [9.17, 15) is 4.39 Å². The second kappa shape index (κ2) is 4.73. The maximum atomic E-state index is 13.5. The van der Waals surface area contributed by atoms with Gasteiger partial charge in [-0.2, -0.15) is 0 Å². The summed E-state index contributed by atoms with van der Waals surface area (Å²) in [6.45, 7) is 4.82. The van der Waals surface area contributed by atoms with Crippen molar-refractivity contribution >= 4 is 0 Å². The molecule has 1 aromatic carbocycles. The molecule has 0 unspecified atom stereocenters. The Morgan fingerprint density at radius 3 is 2.56 bits per heavy atom. The van der Waals surface area contributed by atoms with Crippen LogP contribution in [0.25, 0.3) is 0 Å². The molecule has 1 aromatic rings. The Balaban J connectivity index is 2.43. The summed E-state index contributed by atoms with van der Waals surface area (Å²) >= 11 is 0. The van der Waals surface area contributed by atoms with Crippen molar-refractivity contribution in [3.8, 4) is 5.75 Å². The third-order valence-corrected chi connectivity index (χ3v) is 3.76. The molecule has 2 rings (SSSR count). The third-order valence-electron chi connectivity index (χ3n) is 3.76. The van der Waals surface area contributed by atoms with Crippen molar-refractivity contribution in [2.45, 2.75) is 32.1 Å². The van der Waals surface area contributed by atoms with Crippen LogP contribution in [-0.4, -0.2) is 13.7 Å². The SMILES string of the molecule is COc1cc(C(C)(C)C(CN)=C2CC2)ccc1F. The van der Waals surface area contributed by atoms with Gasteiger partial charge in [-0.05, 0) is 36.1 Å². The van der Waals surface area contributed by atoms with Crippen molar-refractivity contribution in [1.82, 2.24) is 0 Å². The first kappa shape index (κ1) is 13.1. The monoisotopic (exact) mass is 249 g/mol. The second-order valence-corrected chi connectivity index (χ2v) is 5.26. The molecule has 0 radical (unpaired) electrons. The first-order valence-electron chi connectivity index (χ1n) is 6.26. The van der Waals surface area contributed by atoms with Crippen LogP contribution in [0.2, 0.25) is 0 Å². The van der Waals surface area contributed by atoms with Crippen molar-refractivity contribution in [2.75, 3.05) is 13.7 Å². The highest BCUT2D eigenvalue weighted by Gasteiger charge is 2.31. The van der Waals surface area contributed by atoms with Crippen LogP contribution in [0.4, 0.5) is 4.39 Å². The molecular formula is C15H20FNO. The van der Waals surface area contributed by atoms with Gasteiger partial charge in [-0.15, -0.1) is 0 Å². The Labute approximate surface area is 108 Å². The maximum Gasteiger partial charge on any atom is 0.165 e. The highest BCUT2D eigenvalue weighted by molar-refractivity contribution is 5.44. The molecule has 98 valence electrons. The smallest absolute Gasteiger partial charge is 0.165 e. The maximum absolute atomic E-state index is 13.5. The van der Waals surface area contributed by atoms with Gasteiger partial charge in [0.05, 0.1) is 7.11 Å². The van der Waals surface area contributed by atoms with E-state index in [2.05, 4.69) is 13.8 Å². The minimum absolute atomic E-state index is 0.165. The van der Waals surface area contributed by atoms with Gasteiger partial charge in [0.25, 0.3) is 0 Å². The number of benzene rings is 1. The van der Waals surface area contributed by atoms with Gasteiger partial charge in [0.15, 0.2) is 11.6 Å². The summed E-state index contributed by atoms with van der Waals surface area (Å²) in [7, 11) is 1.48. The average Bonchev–Trinajstić information content (AvgIpc) is 3.14. The summed E-state index contributed by atoms with van der Waals surface area (Å²) in [4.78, 5) is 0. The molecule has 18 heavy (non-hydrogen) atoms. The summed E-state index contributed by atoms with van der Waals surface area (Å²) in [5, 5.41) is 0. The van der Waals surface area contributed by atoms with Crippen molar-refractivity contribution in [3.63, 3.8) is 0 Å². The summed E-state index contributed by atoms with van der Waals surface area (Å²) in [6.07, 6.45) is 2.29. The van der Waals surface area contributed by atoms with E-state index in [-0.39, 0.29) is 17.0 Å². The van der Waals surface area contributed by atoms with Crippen LogP contribution in [0, 0.1) is 5.82 Å². The molecular weight excluding hydrogens is 229 g/mol. The molecule has 1 aliphatic carbocycles. The molecule has 0 saturated heterocycles. The normalized spacial score (nSPS) is 14.6. The zero-order valence-corrected chi connectivity index (χ0v) is 11.2. The van der Waals surface area contributed by atoms with Gasteiger partial charge in [-0.25, -0.2) is 4.39 Å².